The molecule has 1 aromatic heterocycles. The maximum absolute atomic E-state index is 12.2. The van der Waals surface area contributed by atoms with Crippen LogP contribution in [-0.4, -0.2) is 47.2 Å². The predicted molar refractivity (Wildman–Crippen MR) is 72.2 cm³/mol. The highest BCUT2D eigenvalue weighted by atomic mass is 16.5. The molecule has 0 fully saturated rings. The lowest BCUT2D eigenvalue weighted by Gasteiger charge is -2.15. The standard InChI is InChI=1S/C13H23N3O3/c1-5-16-12(6-11(15-16)9(2)3)13(18)14-10(7-17)8-19-4/h6,9-10,17H,5,7-8H2,1-4H3,(H,14,18). The summed E-state index contributed by atoms with van der Waals surface area (Å²) in [5.74, 6) is 0.0318. The van der Waals surface area contributed by atoms with Crippen LogP contribution in [0.5, 0.6) is 0 Å². The Morgan fingerprint density at radius 1 is 1.58 bits per heavy atom. The minimum absolute atomic E-state index is 0.156. The van der Waals surface area contributed by atoms with Gasteiger partial charge in [0.05, 0.1) is 24.9 Å². The molecule has 0 saturated carbocycles. The van der Waals surface area contributed by atoms with Crippen molar-refractivity contribution < 1.29 is 14.6 Å². The highest BCUT2D eigenvalue weighted by Gasteiger charge is 2.18. The van der Waals surface area contributed by atoms with Crippen molar-refractivity contribution in [2.24, 2.45) is 0 Å². The summed E-state index contributed by atoms with van der Waals surface area (Å²) in [6.45, 7) is 6.75. The van der Waals surface area contributed by atoms with E-state index in [1.54, 1.807) is 10.7 Å². The SMILES string of the molecule is CCn1nc(C(C)C)cc1C(=O)NC(CO)COC. The number of rotatable bonds is 7. The fourth-order valence-corrected chi connectivity index (χ4v) is 1.74. The van der Waals surface area contributed by atoms with E-state index in [2.05, 4.69) is 10.4 Å². The normalized spacial score (nSPS) is 12.7. The van der Waals surface area contributed by atoms with Crippen molar-refractivity contribution in [1.82, 2.24) is 15.1 Å². The third-order valence-corrected chi connectivity index (χ3v) is 2.85. The molecule has 0 aromatic carbocycles. The monoisotopic (exact) mass is 269 g/mol. The Morgan fingerprint density at radius 3 is 2.74 bits per heavy atom. The molecule has 0 spiro atoms. The topological polar surface area (TPSA) is 76.4 Å². The summed E-state index contributed by atoms with van der Waals surface area (Å²) in [6.07, 6.45) is 0. The molecule has 1 atom stereocenters. The van der Waals surface area contributed by atoms with E-state index in [0.717, 1.165) is 5.69 Å². The highest BCUT2D eigenvalue weighted by molar-refractivity contribution is 5.92. The second kappa shape index (κ2) is 7.25. The minimum atomic E-state index is -0.403. The molecule has 108 valence electrons. The summed E-state index contributed by atoms with van der Waals surface area (Å²) in [5.41, 5.74) is 1.40. The quantitative estimate of drug-likeness (QED) is 0.766. The Labute approximate surface area is 113 Å². The van der Waals surface area contributed by atoms with E-state index in [1.165, 1.54) is 7.11 Å². The predicted octanol–water partition coefficient (Wildman–Crippen LogP) is 0.763. The van der Waals surface area contributed by atoms with Crippen LogP contribution in [0.15, 0.2) is 6.07 Å². The van der Waals surface area contributed by atoms with E-state index >= 15 is 0 Å². The Kier molecular flexibility index (Phi) is 5.98. The van der Waals surface area contributed by atoms with Gasteiger partial charge in [-0.1, -0.05) is 13.8 Å². The summed E-state index contributed by atoms with van der Waals surface area (Å²) in [6, 6.07) is 1.39. The molecule has 2 N–H and O–H groups in total. The van der Waals surface area contributed by atoms with E-state index in [4.69, 9.17) is 9.84 Å². The molecule has 19 heavy (non-hydrogen) atoms. The number of carbonyl (C=O) groups excluding carboxylic acids is 1. The minimum Gasteiger partial charge on any atom is -0.394 e. The van der Waals surface area contributed by atoms with Gasteiger partial charge in [0.2, 0.25) is 0 Å². The zero-order chi connectivity index (χ0) is 14.4. The van der Waals surface area contributed by atoms with Gasteiger partial charge < -0.3 is 15.2 Å². The number of hydrogen-bond donors (Lipinski definition) is 2. The number of ether oxygens (including phenoxy) is 1. The van der Waals surface area contributed by atoms with Gasteiger partial charge in [-0.2, -0.15) is 5.10 Å². The fraction of sp³-hybridized carbons (Fsp3) is 0.692. The van der Waals surface area contributed by atoms with Crippen LogP contribution in [0.4, 0.5) is 0 Å². The van der Waals surface area contributed by atoms with Crippen molar-refractivity contribution in [3.63, 3.8) is 0 Å². The van der Waals surface area contributed by atoms with Crippen LogP contribution in [-0.2, 0) is 11.3 Å². The van der Waals surface area contributed by atoms with Crippen molar-refractivity contribution in [2.45, 2.75) is 39.3 Å². The number of aryl methyl sites for hydroxylation is 1. The zero-order valence-electron chi connectivity index (χ0n) is 12.0. The molecular weight excluding hydrogens is 246 g/mol. The molecule has 0 aliphatic heterocycles. The van der Waals surface area contributed by atoms with Crippen molar-refractivity contribution in [1.29, 1.82) is 0 Å². The number of aromatic nitrogens is 2. The van der Waals surface area contributed by atoms with Gasteiger partial charge in [0, 0.05) is 13.7 Å². The maximum Gasteiger partial charge on any atom is 0.269 e. The number of nitrogens with one attached hydrogen (secondary N) is 1. The van der Waals surface area contributed by atoms with Crippen molar-refractivity contribution in [2.75, 3.05) is 20.3 Å². The van der Waals surface area contributed by atoms with Crippen LogP contribution < -0.4 is 5.32 Å². The fourth-order valence-electron chi connectivity index (χ4n) is 1.74. The third-order valence-electron chi connectivity index (χ3n) is 2.85. The molecule has 6 heteroatoms. The first kappa shape index (κ1) is 15.7. The lowest BCUT2D eigenvalue weighted by atomic mass is 10.1. The van der Waals surface area contributed by atoms with E-state index in [0.29, 0.717) is 12.2 Å². The van der Waals surface area contributed by atoms with Crippen molar-refractivity contribution in [3.05, 3.63) is 17.5 Å². The zero-order valence-corrected chi connectivity index (χ0v) is 12.0. The largest absolute Gasteiger partial charge is 0.394 e. The van der Waals surface area contributed by atoms with Crippen LogP contribution in [0.2, 0.25) is 0 Å². The Bertz CT molecular complexity index is 415. The van der Waals surface area contributed by atoms with Crippen LogP contribution in [0, 0.1) is 0 Å². The maximum atomic E-state index is 12.2. The molecule has 0 aliphatic carbocycles. The average Bonchev–Trinajstić information content (AvgIpc) is 2.82. The van der Waals surface area contributed by atoms with Gasteiger partial charge in [0.1, 0.15) is 5.69 Å². The van der Waals surface area contributed by atoms with Gasteiger partial charge in [-0.25, -0.2) is 0 Å². The van der Waals surface area contributed by atoms with E-state index in [-0.39, 0.29) is 25.0 Å². The second-order valence-electron chi connectivity index (χ2n) is 4.73. The van der Waals surface area contributed by atoms with Gasteiger partial charge in [0.15, 0.2) is 0 Å². The number of nitrogens with zero attached hydrogens (tertiary/aromatic N) is 2. The van der Waals surface area contributed by atoms with Gasteiger partial charge in [-0.05, 0) is 18.9 Å². The highest BCUT2D eigenvalue weighted by Crippen LogP contribution is 2.14. The Hall–Kier alpha value is -1.40. The van der Waals surface area contributed by atoms with Gasteiger partial charge in [-0.15, -0.1) is 0 Å². The summed E-state index contributed by atoms with van der Waals surface area (Å²) in [4.78, 5) is 12.2. The Morgan fingerprint density at radius 2 is 2.26 bits per heavy atom. The molecule has 0 radical (unpaired) electrons. The molecule has 6 nitrogen and oxygen atoms in total. The van der Waals surface area contributed by atoms with Crippen molar-refractivity contribution >= 4 is 5.91 Å². The molecule has 0 aliphatic rings. The van der Waals surface area contributed by atoms with Crippen molar-refractivity contribution in [3.8, 4) is 0 Å². The van der Waals surface area contributed by atoms with Gasteiger partial charge >= 0.3 is 0 Å². The summed E-state index contributed by atoms with van der Waals surface area (Å²) in [7, 11) is 1.53. The number of methoxy groups -OCH3 is 1. The molecule has 1 rings (SSSR count). The van der Waals surface area contributed by atoms with Gasteiger partial charge in [0.25, 0.3) is 5.91 Å². The summed E-state index contributed by atoms with van der Waals surface area (Å²) < 4.78 is 6.61. The first-order valence-corrected chi connectivity index (χ1v) is 6.51. The second-order valence-corrected chi connectivity index (χ2v) is 4.73. The van der Waals surface area contributed by atoms with Crippen LogP contribution >= 0.6 is 0 Å². The lowest BCUT2D eigenvalue weighted by Crippen LogP contribution is -2.41. The molecule has 0 saturated heterocycles. The molecule has 0 bridgehead atoms. The Balaban J connectivity index is 2.86. The number of hydrogen-bond acceptors (Lipinski definition) is 4. The smallest absolute Gasteiger partial charge is 0.269 e. The van der Waals surface area contributed by atoms with Gasteiger partial charge in [-0.3, -0.25) is 9.48 Å². The number of carbonyl (C=O) groups is 1. The lowest BCUT2D eigenvalue weighted by molar-refractivity contribution is 0.0830. The van der Waals surface area contributed by atoms with Crippen LogP contribution in [0.1, 0.15) is 42.9 Å². The summed E-state index contributed by atoms with van der Waals surface area (Å²) in [5, 5.41) is 16.3. The molecule has 1 heterocycles. The number of aliphatic hydroxyl groups is 1. The van der Waals surface area contributed by atoms with E-state index < -0.39 is 6.04 Å². The number of aliphatic hydroxyl groups excluding tert-OH is 1. The van der Waals surface area contributed by atoms with E-state index in [1.807, 2.05) is 20.8 Å². The average molecular weight is 269 g/mol. The first-order valence-electron chi connectivity index (χ1n) is 6.51. The van der Waals surface area contributed by atoms with E-state index in [9.17, 15) is 4.79 Å². The number of amides is 1. The molecule has 1 unspecified atom stereocenters. The molecule has 1 amide bonds. The first-order chi connectivity index (χ1) is 9.03. The molecule has 1 aromatic rings. The summed E-state index contributed by atoms with van der Waals surface area (Å²) >= 11 is 0. The van der Waals surface area contributed by atoms with Crippen LogP contribution in [0.3, 0.4) is 0 Å². The van der Waals surface area contributed by atoms with Crippen LogP contribution in [0.25, 0.3) is 0 Å². The molecular formula is C13H23N3O3. The third kappa shape index (κ3) is 4.04.